The summed E-state index contributed by atoms with van der Waals surface area (Å²) in [5.41, 5.74) is 0.794. The van der Waals surface area contributed by atoms with Crippen LogP contribution < -0.4 is 10.0 Å². The van der Waals surface area contributed by atoms with Crippen molar-refractivity contribution in [1.29, 1.82) is 0 Å². The lowest BCUT2D eigenvalue weighted by atomic mass is 10.1. The number of carbonyl (C=O) groups excluding carboxylic acids is 2. The van der Waals surface area contributed by atoms with Crippen molar-refractivity contribution >= 4 is 22.1 Å². The molecule has 0 bridgehead atoms. The molecule has 2 N–H and O–H groups in total. The van der Waals surface area contributed by atoms with Crippen molar-refractivity contribution in [3.8, 4) is 0 Å². The Morgan fingerprint density at radius 3 is 2.74 bits per heavy atom. The average molecular weight is 341 g/mol. The van der Waals surface area contributed by atoms with E-state index in [4.69, 9.17) is 0 Å². The Balaban J connectivity index is 2.11. The summed E-state index contributed by atoms with van der Waals surface area (Å²) in [7, 11) is -2.71. The van der Waals surface area contributed by atoms with E-state index in [-0.39, 0.29) is 26.1 Å². The molecule has 2 rings (SSSR count). The molecule has 0 aliphatic carbocycles. The molecule has 1 aliphatic heterocycles. The van der Waals surface area contributed by atoms with Crippen LogP contribution in [0.5, 0.6) is 0 Å². The van der Waals surface area contributed by atoms with E-state index < -0.39 is 28.1 Å². The smallest absolute Gasteiger partial charge is 0.307 e. The van der Waals surface area contributed by atoms with E-state index in [1.807, 2.05) is 6.07 Å². The first kappa shape index (κ1) is 17.4. The van der Waals surface area contributed by atoms with Gasteiger partial charge in [-0.1, -0.05) is 30.3 Å². The van der Waals surface area contributed by atoms with Crippen molar-refractivity contribution in [2.75, 3.05) is 20.2 Å². The summed E-state index contributed by atoms with van der Waals surface area (Å²) in [5, 5.41) is 2.56. The summed E-state index contributed by atoms with van der Waals surface area (Å²) in [6.07, 6.45) is -0.325. The van der Waals surface area contributed by atoms with Gasteiger partial charge in [-0.2, -0.15) is 17.4 Å². The molecule has 0 unspecified atom stereocenters. The molecular formula is C14H19N3O5S. The zero-order valence-corrected chi connectivity index (χ0v) is 13.5. The molecule has 1 saturated heterocycles. The zero-order chi connectivity index (χ0) is 16.9. The maximum atomic E-state index is 12.5. The minimum atomic E-state index is -3.90. The summed E-state index contributed by atoms with van der Waals surface area (Å²) in [5.74, 6) is -1.15. The predicted molar refractivity (Wildman–Crippen MR) is 82.3 cm³/mol. The van der Waals surface area contributed by atoms with Gasteiger partial charge < -0.3 is 10.1 Å². The second-order valence-electron chi connectivity index (χ2n) is 5.01. The molecule has 1 amide bonds. The zero-order valence-electron chi connectivity index (χ0n) is 12.7. The van der Waals surface area contributed by atoms with Gasteiger partial charge in [-0.05, 0) is 5.56 Å². The normalized spacial score (nSPS) is 19.2. The number of nitrogens with zero attached hydrogens (tertiary/aromatic N) is 1. The lowest BCUT2D eigenvalue weighted by molar-refractivity contribution is -0.144. The molecule has 1 atom stereocenters. The minimum absolute atomic E-state index is 0.0948. The number of carbonyl (C=O) groups is 2. The average Bonchev–Trinajstić information content (AvgIpc) is 2.55. The maximum absolute atomic E-state index is 12.5. The van der Waals surface area contributed by atoms with E-state index in [1.54, 1.807) is 24.3 Å². The van der Waals surface area contributed by atoms with Gasteiger partial charge in [-0.25, -0.2) is 0 Å². The van der Waals surface area contributed by atoms with Crippen LogP contribution in [0.25, 0.3) is 0 Å². The highest BCUT2D eigenvalue weighted by Gasteiger charge is 2.38. The van der Waals surface area contributed by atoms with E-state index in [1.165, 1.54) is 7.11 Å². The van der Waals surface area contributed by atoms with Gasteiger partial charge in [-0.3, -0.25) is 9.59 Å². The van der Waals surface area contributed by atoms with Crippen LogP contribution in [0.3, 0.4) is 0 Å². The molecule has 0 saturated carbocycles. The molecule has 0 radical (unpaired) electrons. The Morgan fingerprint density at radius 2 is 2.09 bits per heavy atom. The second kappa shape index (κ2) is 7.53. The third-order valence-corrected chi connectivity index (χ3v) is 5.04. The Kier molecular flexibility index (Phi) is 5.69. The Bertz CT molecular complexity index is 662. The molecule has 9 heteroatoms. The van der Waals surface area contributed by atoms with Crippen LogP contribution in [-0.4, -0.2) is 50.8 Å². The van der Waals surface area contributed by atoms with E-state index in [2.05, 4.69) is 14.8 Å². The standard InChI is InChI=1S/C14H19N3O5S/c1-22-13(18)9-12-14(19)15-7-8-17(12)23(20,21)16-10-11-5-3-2-4-6-11/h2-6,12,16H,7-10H2,1H3,(H,15,19)/t12-/m0/s1. The van der Waals surface area contributed by atoms with Crippen molar-refractivity contribution in [3.05, 3.63) is 35.9 Å². The van der Waals surface area contributed by atoms with Gasteiger partial charge in [0.05, 0.1) is 13.5 Å². The van der Waals surface area contributed by atoms with Crippen LogP contribution in [0.2, 0.25) is 0 Å². The maximum Gasteiger partial charge on any atom is 0.307 e. The number of benzene rings is 1. The molecule has 1 aliphatic rings. The molecule has 8 nitrogen and oxygen atoms in total. The van der Waals surface area contributed by atoms with Crippen molar-refractivity contribution in [2.24, 2.45) is 0 Å². The fourth-order valence-electron chi connectivity index (χ4n) is 2.27. The highest BCUT2D eigenvalue weighted by molar-refractivity contribution is 7.87. The molecule has 0 aromatic heterocycles. The molecule has 1 fully saturated rings. The van der Waals surface area contributed by atoms with Gasteiger partial charge in [0.1, 0.15) is 6.04 Å². The Morgan fingerprint density at radius 1 is 1.39 bits per heavy atom. The summed E-state index contributed by atoms with van der Waals surface area (Å²) >= 11 is 0. The first-order chi connectivity index (χ1) is 10.9. The number of amides is 1. The Hall–Kier alpha value is -1.97. The van der Waals surface area contributed by atoms with Crippen LogP contribution in [0.15, 0.2) is 30.3 Å². The van der Waals surface area contributed by atoms with Crippen LogP contribution in [-0.2, 0) is 31.1 Å². The van der Waals surface area contributed by atoms with E-state index in [0.717, 1.165) is 9.87 Å². The Labute approximate surface area is 135 Å². The van der Waals surface area contributed by atoms with Crippen LogP contribution in [0, 0.1) is 0 Å². The minimum Gasteiger partial charge on any atom is -0.469 e. The van der Waals surface area contributed by atoms with Gasteiger partial charge in [-0.15, -0.1) is 0 Å². The monoisotopic (exact) mass is 341 g/mol. The van der Waals surface area contributed by atoms with Crippen molar-refractivity contribution in [1.82, 2.24) is 14.3 Å². The summed E-state index contributed by atoms with van der Waals surface area (Å²) in [4.78, 5) is 23.4. The van der Waals surface area contributed by atoms with Crippen LogP contribution in [0.1, 0.15) is 12.0 Å². The SMILES string of the molecule is COC(=O)C[C@H]1C(=O)NCCN1S(=O)(=O)NCc1ccccc1. The number of rotatable bonds is 6. The van der Waals surface area contributed by atoms with Crippen molar-refractivity contribution < 1.29 is 22.7 Å². The van der Waals surface area contributed by atoms with Crippen LogP contribution >= 0.6 is 0 Å². The fraction of sp³-hybridized carbons (Fsp3) is 0.429. The second-order valence-corrected chi connectivity index (χ2v) is 6.72. The summed E-state index contributed by atoms with van der Waals surface area (Å²) in [6.45, 7) is 0.395. The first-order valence-electron chi connectivity index (χ1n) is 7.09. The van der Waals surface area contributed by atoms with Crippen LogP contribution in [0.4, 0.5) is 0 Å². The van der Waals surface area contributed by atoms with Crippen molar-refractivity contribution in [3.63, 3.8) is 0 Å². The number of esters is 1. The lowest BCUT2D eigenvalue weighted by Crippen LogP contribution is -2.59. The number of piperazine rings is 1. The third-order valence-electron chi connectivity index (χ3n) is 3.48. The first-order valence-corrected chi connectivity index (χ1v) is 8.53. The quantitative estimate of drug-likeness (QED) is 0.671. The lowest BCUT2D eigenvalue weighted by Gasteiger charge is -2.33. The predicted octanol–water partition coefficient (Wildman–Crippen LogP) is -0.615. The molecule has 1 heterocycles. The van der Waals surface area contributed by atoms with Crippen molar-refractivity contribution in [2.45, 2.75) is 19.0 Å². The molecule has 126 valence electrons. The highest BCUT2D eigenvalue weighted by Crippen LogP contribution is 2.14. The van der Waals surface area contributed by atoms with Gasteiger partial charge in [0.25, 0.3) is 10.2 Å². The molecule has 1 aromatic carbocycles. The number of methoxy groups -OCH3 is 1. The van der Waals surface area contributed by atoms with Gasteiger partial charge >= 0.3 is 5.97 Å². The molecule has 23 heavy (non-hydrogen) atoms. The number of hydrogen-bond donors (Lipinski definition) is 2. The van der Waals surface area contributed by atoms with Gasteiger partial charge in [0.15, 0.2) is 0 Å². The van der Waals surface area contributed by atoms with E-state index >= 15 is 0 Å². The number of hydrogen-bond acceptors (Lipinski definition) is 5. The van der Waals surface area contributed by atoms with E-state index in [9.17, 15) is 18.0 Å². The highest BCUT2D eigenvalue weighted by atomic mass is 32.2. The number of nitrogens with one attached hydrogen (secondary N) is 2. The number of ether oxygens (including phenoxy) is 1. The fourth-order valence-corrected chi connectivity index (χ4v) is 3.62. The summed E-state index contributed by atoms with van der Waals surface area (Å²) < 4.78 is 32.9. The largest absolute Gasteiger partial charge is 0.469 e. The van der Waals surface area contributed by atoms with Gasteiger partial charge in [0, 0.05) is 19.6 Å². The van der Waals surface area contributed by atoms with Gasteiger partial charge in [0.2, 0.25) is 5.91 Å². The topological polar surface area (TPSA) is 105 Å². The molecule has 0 spiro atoms. The molecular weight excluding hydrogens is 322 g/mol. The molecule has 1 aromatic rings. The third kappa shape index (κ3) is 4.50. The summed E-state index contributed by atoms with van der Waals surface area (Å²) in [6, 6.07) is 7.91. The van der Waals surface area contributed by atoms with E-state index in [0.29, 0.717) is 0 Å².